The van der Waals surface area contributed by atoms with Gasteiger partial charge in [-0.2, -0.15) is 0 Å². The van der Waals surface area contributed by atoms with Crippen molar-refractivity contribution in [1.82, 2.24) is 0 Å². The monoisotopic (exact) mass is 261 g/mol. The van der Waals surface area contributed by atoms with Gasteiger partial charge in [0, 0.05) is 17.7 Å². The Kier molecular flexibility index (Phi) is 7.95. The highest BCUT2D eigenvalue weighted by atomic mass is 16.1. The lowest BCUT2D eigenvalue weighted by Crippen LogP contribution is -1.99. The SMILES string of the molecule is CCCCCCCCCCC(=O)c1cccc(N)c1. The van der Waals surface area contributed by atoms with Crippen molar-refractivity contribution in [3.05, 3.63) is 29.8 Å². The highest BCUT2D eigenvalue weighted by Gasteiger charge is 2.05. The molecule has 0 amide bonds. The van der Waals surface area contributed by atoms with Crippen LogP contribution < -0.4 is 5.73 Å². The molecular formula is C17H27NO. The molecule has 0 saturated carbocycles. The van der Waals surface area contributed by atoms with Crippen LogP contribution in [-0.2, 0) is 0 Å². The number of rotatable bonds is 10. The van der Waals surface area contributed by atoms with Gasteiger partial charge in [0.1, 0.15) is 0 Å². The molecule has 106 valence electrons. The van der Waals surface area contributed by atoms with Gasteiger partial charge in [0.2, 0.25) is 0 Å². The average Bonchev–Trinajstić information content (AvgIpc) is 2.41. The summed E-state index contributed by atoms with van der Waals surface area (Å²) in [6, 6.07) is 7.28. The van der Waals surface area contributed by atoms with Crippen molar-refractivity contribution >= 4 is 11.5 Å². The van der Waals surface area contributed by atoms with Crippen LogP contribution in [0.15, 0.2) is 24.3 Å². The van der Waals surface area contributed by atoms with Gasteiger partial charge in [0.15, 0.2) is 5.78 Å². The predicted octanol–water partition coefficient (Wildman–Crippen LogP) is 4.98. The third-order valence-electron chi connectivity index (χ3n) is 3.47. The normalized spacial score (nSPS) is 10.6. The maximum absolute atomic E-state index is 11.9. The van der Waals surface area contributed by atoms with E-state index in [0.29, 0.717) is 12.1 Å². The molecule has 2 nitrogen and oxygen atoms in total. The van der Waals surface area contributed by atoms with Crippen LogP contribution in [0.25, 0.3) is 0 Å². The van der Waals surface area contributed by atoms with Crippen LogP contribution in [0.1, 0.15) is 75.1 Å². The predicted molar refractivity (Wildman–Crippen MR) is 82.4 cm³/mol. The Labute approximate surface area is 117 Å². The second-order valence-corrected chi connectivity index (χ2v) is 5.27. The molecule has 19 heavy (non-hydrogen) atoms. The van der Waals surface area contributed by atoms with Gasteiger partial charge in [-0.15, -0.1) is 0 Å². The quantitative estimate of drug-likeness (QED) is 0.366. The third kappa shape index (κ3) is 7.00. The lowest BCUT2D eigenvalue weighted by molar-refractivity contribution is 0.0979. The van der Waals surface area contributed by atoms with Crippen molar-refractivity contribution in [2.75, 3.05) is 5.73 Å². The Morgan fingerprint density at radius 2 is 1.63 bits per heavy atom. The fourth-order valence-electron chi connectivity index (χ4n) is 2.28. The van der Waals surface area contributed by atoms with E-state index >= 15 is 0 Å². The fraction of sp³-hybridized carbons (Fsp3) is 0.588. The largest absolute Gasteiger partial charge is 0.399 e. The minimum Gasteiger partial charge on any atom is -0.399 e. The first-order valence-electron chi connectivity index (χ1n) is 7.62. The number of Topliss-reactive ketones (excluding diaryl/α,β-unsaturated/α-hetero) is 1. The minimum absolute atomic E-state index is 0.221. The molecule has 1 rings (SSSR count). The molecule has 0 aromatic heterocycles. The number of unbranched alkanes of at least 4 members (excludes halogenated alkanes) is 7. The molecule has 0 fully saturated rings. The molecular weight excluding hydrogens is 234 g/mol. The van der Waals surface area contributed by atoms with E-state index in [1.807, 2.05) is 18.2 Å². The van der Waals surface area contributed by atoms with Gasteiger partial charge in [-0.05, 0) is 18.6 Å². The maximum Gasteiger partial charge on any atom is 0.162 e. The van der Waals surface area contributed by atoms with Gasteiger partial charge in [-0.1, -0.05) is 64.0 Å². The second kappa shape index (κ2) is 9.60. The number of nitrogens with two attached hydrogens (primary N) is 1. The summed E-state index contributed by atoms with van der Waals surface area (Å²) < 4.78 is 0. The summed E-state index contributed by atoms with van der Waals surface area (Å²) in [5.74, 6) is 0.221. The Morgan fingerprint density at radius 1 is 1.00 bits per heavy atom. The van der Waals surface area contributed by atoms with Crippen LogP contribution in [0.5, 0.6) is 0 Å². The third-order valence-corrected chi connectivity index (χ3v) is 3.47. The van der Waals surface area contributed by atoms with Gasteiger partial charge < -0.3 is 5.73 Å². The van der Waals surface area contributed by atoms with Crippen LogP contribution in [-0.4, -0.2) is 5.78 Å². The minimum atomic E-state index is 0.221. The Morgan fingerprint density at radius 3 is 2.26 bits per heavy atom. The molecule has 0 heterocycles. The molecule has 0 bridgehead atoms. The number of anilines is 1. The number of hydrogen-bond acceptors (Lipinski definition) is 2. The summed E-state index contributed by atoms with van der Waals surface area (Å²) in [7, 11) is 0. The standard InChI is InChI=1S/C17H27NO/c1-2-3-4-5-6-7-8-9-13-17(19)15-11-10-12-16(18)14-15/h10-12,14H,2-9,13,18H2,1H3. The second-order valence-electron chi connectivity index (χ2n) is 5.27. The first kappa shape index (κ1) is 15.7. The number of benzene rings is 1. The zero-order valence-electron chi connectivity index (χ0n) is 12.2. The number of hydrogen-bond donors (Lipinski definition) is 1. The van der Waals surface area contributed by atoms with E-state index in [1.54, 1.807) is 6.07 Å². The van der Waals surface area contributed by atoms with Gasteiger partial charge in [0.05, 0.1) is 0 Å². The molecule has 0 spiro atoms. The molecule has 2 N–H and O–H groups in total. The maximum atomic E-state index is 11.9. The highest BCUT2D eigenvalue weighted by molar-refractivity contribution is 5.96. The van der Waals surface area contributed by atoms with E-state index < -0.39 is 0 Å². The summed E-state index contributed by atoms with van der Waals surface area (Å²) in [5, 5.41) is 0. The van der Waals surface area contributed by atoms with Crippen molar-refractivity contribution < 1.29 is 4.79 Å². The molecule has 1 aromatic rings. The Balaban J connectivity index is 2.08. The van der Waals surface area contributed by atoms with Crippen LogP contribution in [0.2, 0.25) is 0 Å². The van der Waals surface area contributed by atoms with Crippen LogP contribution in [0.3, 0.4) is 0 Å². The average molecular weight is 261 g/mol. The fourth-order valence-corrected chi connectivity index (χ4v) is 2.28. The van der Waals surface area contributed by atoms with Gasteiger partial charge in [-0.25, -0.2) is 0 Å². The molecule has 0 aliphatic carbocycles. The molecule has 1 aromatic carbocycles. The van der Waals surface area contributed by atoms with E-state index in [9.17, 15) is 4.79 Å². The summed E-state index contributed by atoms with van der Waals surface area (Å²) in [6.07, 6.45) is 10.7. The number of carbonyl (C=O) groups is 1. The molecule has 0 unspecified atom stereocenters. The van der Waals surface area contributed by atoms with Gasteiger partial charge in [0.25, 0.3) is 0 Å². The summed E-state index contributed by atoms with van der Waals surface area (Å²) in [6.45, 7) is 2.24. The zero-order valence-corrected chi connectivity index (χ0v) is 12.2. The van der Waals surface area contributed by atoms with Crippen molar-refractivity contribution in [3.8, 4) is 0 Å². The lowest BCUT2D eigenvalue weighted by atomic mass is 10.0. The number of carbonyl (C=O) groups excluding carboxylic acids is 1. The Hall–Kier alpha value is -1.31. The molecule has 0 aliphatic rings. The van der Waals surface area contributed by atoms with E-state index in [1.165, 1.54) is 44.9 Å². The lowest BCUT2D eigenvalue weighted by Gasteiger charge is -2.03. The van der Waals surface area contributed by atoms with Crippen molar-refractivity contribution in [3.63, 3.8) is 0 Å². The van der Waals surface area contributed by atoms with Gasteiger partial charge >= 0.3 is 0 Å². The summed E-state index contributed by atoms with van der Waals surface area (Å²) in [5.41, 5.74) is 7.10. The van der Waals surface area contributed by atoms with E-state index in [-0.39, 0.29) is 5.78 Å². The van der Waals surface area contributed by atoms with E-state index in [2.05, 4.69) is 6.92 Å². The first-order valence-corrected chi connectivity index (χ1v) is 7.62. The molecule has 0 atom stereocenters. The van der Waals surface area contributed by atoms with Gasteiger partial charge in [-0.3, -0.25) is 4.79 Å². The molecule has 2 heteroatoms. The number of nitrogen functional groups attached to an aromatic ring is 1. The van der Waals surface area contributed by atoms with Crippen LogP contribution >= 0.6 is 0 Å². The molecule has 0 radical (unpaired) electrons. The summed E-state index contributed by atoms with van der Waals surface area (Å²) >= 11 is 0. The van der Waals surface area contributed by atoms with Crippen LogP contribution in [0.4, 0.5) is 5.69 Å². The van der Waals surface area contributed by atoms with Crippen molar-refractivity contribution in [1.29, 1.82) is 0 Å². The Bertz CT molecular complexity index is 373. The van der Waals surface area contributed by atoms with Crippen molar-refractivity contribution in [2.24, 2.45) is 0 Å². The van der Waals surface area contributed by atoms with Crippen molar-refractivity contribution in [2.45, 2.75) is 64.7 Å². The highest BCUT2D eigenvalue weighted by Crippen LogP contribution is 2.13. The summed E-state index contributed by atoms with van der Waals surface area (Å²) in [4.78, 5) is 11.9. The smallest absolute Gasteiger partial charge is 0.162 e. The van der Waals surface area contributed by atoms with E-state index in [4.69, 9.17) is 5.73 Å². The first-order chi connectivity index (χ1) is 9.24. The number of ketones is 1. The molecule has 0 saturated heterocycles. The molecule has 0 aliphatic heterocycles. The zero-order chi connectivity index (χ0) is 13.9. The van der Waals surface area contributed by atoms with Crippen LogP contribution in [0, 0.1) is 0 Å². The topological polar surface area (TPSA) is 43.1 Å². The van der Waals surface area contributed by atoms with E-state index in [0.717, 1.165) is 12.0 Å².